The Balaban J connectivity index is 1.79. The summed E-state index contributed by atoms with van der Waals surface area (Å²) >= 11 is 0. The van der Waals surface area contributed by atoms with E-state index < -0.39 is 0 Å². The zero-order valence-electron chi connectivity index (χ0n) is 12.1. The highest BCUT2D eigenvalue weighted by Crippen LogP contribution is 2.23. The molecule has 0 amide bonds. The number of ether oxygens (including phenoxy) is 1. The van der Waals surface area contributed by atoms with Gasteiger partial charge in [0.15, 0.2) is 5.96 Å². The van der Waals surface area contributed by atoms with Crippen LogP contribution in [0.4, 0.5) is 4.39 Å². The predicted molar refractivity (Wildman–Crippen MR) is 78.2 cm³/mol. The zero-order chi connectivity index (χ0) is 14.4. The molecule has 1 aromatic rings. The van der Waals surface area contributed by atoms with Gasteiger partial charge in [-0.25, -0.2) is 4.39 Å². The van der Waals surface area contributed by atoms with E-state index in [1.165, 1.54) is 12.1 Å². The minimum Gasteiger partial charge on any atom is -0.373 e. The SMILES string of the molecule is CN=C(NCc1ccc(F)cc1)NCC1(C)CCCO1. The van der Waals surface area contributed by atoms with Crippen molar-refractivity contribution in [1.29, 1.82) is 0 Å². The van der Waals surface area contributed by atoms with Crippen LogP contribution in [0.3, 0.4) is 0 Å². The molecule has 0 aliphatic carbocycles. The molecule has 0 bridgehead atoms. The number of aliphatic imine (C=N–C) groups is 1. The Morgan fingerprint density at radius 1 is 1.35 bits per heavy atom. The minimum atomic E-state index is -0.220. The summed E-state index contributed by atoms with van der Waals surface area (Å²) in [6.45, 7) is 4.29. The molecule has 1 saturated heterocycles. The first-order valence-electron chi connectivity index (χ1n) is 6.94. The van der Waals surface area contributed by atoms with Crippen molar-refractivity contribution >= 4 is 5.96 Å². The number of hydrogen-bond donors (Lipinski definition) is 2. The van der Waals surface area contributed by atoms with E-state index >= 15 is 0 Å². The molecule has 0 spiro atoms. The topological polar surface area (TPSA) is 45.7 Å². The summed E-state index contributed by atoms with van der Waals surface area (Å²) in [5.74, 6) is 0.508. The molecule has 1 fully saturated rings. The fraction of sp³-hybridized carbons (Fsp3) is 0.533. The molecule has 0 radical (unpaired) electrons. The van der Waals surface area contributed by atoms with Crippen LogP contribution in [0.2, 0.25) is 0 Å². The third kappa shape index (κ3) is 4.20. The highest BCUT2D eigenvalue weighted by atomic mass is 19.1. The van der Waals surface area contributed by atoms with Gasteiger partial charge in [-0.15, -0.1) is 0 Å². The van der Waals surface area contributed by atoms with E-state index in [2.05, 4.69) is 22.5 Å². The molecule has 2 N–H and O–H groups in total. The van der Waals surface area contributed by atoms with Crippen molar-refractivity contribution in [3.05, 3.63) is 35.6 Å². The van der Waals surface area contributed by atoms with Crippen molar-refractivity contribution in [2.75, 3.05) is 20.2 Å². The average Bonchev–Trinajstić information content (AvgIpc) is 2.88. The van der Waals surface area contributed by atoms with Crippen molar-refractivity contribution in [2.45, 2.75) is 31.9 Å². The highest BCUT2D eigenvalue weighted by Gasteiger charge is 2.29. The zero-order valence-corrected chi connectivity index (χ0v) is 12.1. The van der Waals surface area contributed by atoms with E-state index in [0.29, 0.717) is 6.54 Å². The molecular formula is C15H22FN3O. The normalized spacial score (nSPS) is 22.9. The Hall–Kier alpha value is -1.62. The van der Waals surface area contributed by atoms with Crippen LogP contribution in [0, 0.1) is 5.82 Å². The minimum absolute atomic E-state index is 0.104. The molecule has 20 heavy (non-hydrogen) atoms. The number of nitrogens with one attached hydrogen (secondary N) is 2. The van der Waals surface area contributed by atoms with Crippen LogP contribution in [-0.2, 0) is 11.3 Å². The van der Waals surface area contributed by atoms with Crippen molar-refractivity contribution in [1.82, 2.24) is 10.6 Å². The number of benzene rings is 1. The summed E-state index contributed by atoms with van der Waals surface area (Å²) in [7, 11) is 1.73. The molecule has 2 rings (SSSR count). The average molecular weight is 279 g/mol. The number of rotatable bonds is 4. The van der Waals surface area contributed by atoms with Gasteiger partial charge in [-0.1, -0.05) is 12.1 Å². The van der Waals surface area contributed by atoms with Gasteiger partial charge in [0.25, 0.3) is 0 Å². The highest BCUT2D eigenvalue weighted by molar-refractivity contribution is 5.79. The predicted octanol–water partition coefficient (Wildman–Crippen LogP) is 2.06. The van der Waals surface area contributed by atoms with Gasteiger partial charge in [0.1, 0.15) is 5.82 Å². The Kier molecular flexibility index (Phi) is 4.95. The lowest BCUT2D eigenvalue weighted by atomic mass is 10.0. The molecule has 0 aromatic heterocycles. The number of halogens is 1. The van der Waals surface area contributed by atoms with Gasteiger partial charge in [-0.3, -0.25) is 4.99 Å². The van der Waals surface area contributed by atoms with Crippen LogP contribution in [0.5, 0.6) is 0 Å². The molecule has 4 nitrogen and oxygen atoms in total. The first-order valence-corrected chi connectivity index (χ1v) is 6.94. The second kappa shape index (κ2) is 6.70. The summed E-state index contributed by atoms with van der Waals surface area (Å²) in [5.41, 5.74) is 0.908. The summed E-state index contributed by atoms with van der Waals surface area (Å²) in [6.07, 6.45) is 2.18. The standard InChI is InChI=1S/C15H22FN3O/c1-15(8-3-9-20-15)11-19-14(17-2)18-10-12-4-6-13(16)7-5-12/h4-7H,3,8-11H2,1-2H3,(H2,17,18,19). The van der Waals surface area contributed by atoms with Crippen molar-refractivity contribution < 1.29 is 9.13 Å². The molecular weight excluding hydrogens is 257 g/mol. The second-order valence-corrected chi connectivity index (χ2v) is 5.31. The van der Waals surface area contributed by atoms with E-state index in [1.54, 1.807) is 19.2 Å². The summed E-state index contributed by atoms with van der Waals surface area (Å²) in [4.78, 5) is 4.18. The lowest BCUT2D eigenvalue weighted by Crippen LogP contribution is -2.45. The fourth-order valence-corrected chi connectivity index (χ4v) is 2.26. The first kappa shape index (κ1) is 14.8. The first-order chi connectivity index (χ1) is 9.61. The fourth-order valence-electron chi connectivity index (χ4n) is 2.26. The van der Waals surface area contributed by atoms with Crippen LogP contribution in [-0.4, -0.2) is 31.8 Å². The molecule has 5 heteroatoms. The lowest BCUT2D eigenvalue weighted by Gasteiger charge is -2.24. The van der Waals surface area contributed by atoms with Crippen molar-refractivity contribution in [3.8, 4) is 0 Å². The molecule has 1 heterocycles. The van der Waals surface area contributed by atoms with Crippen molar-refractivity contribution in [2.24, 2.45) is 4.99 Å². The molecule has 110 valence electrons. The molecule has 1 aromatic carbocycles. The van der Waals surface area contributed by atoms with Crippen LogP contribution >= 0.6 is 0 Å². The van der Waals surface area contributed by atoms with Gasteiger partial charge in [0.2, 0.25) is 0 Å². The number of guanidine groups is 1. The maximum Gasteiger partial charge on any atom is 0.191 e. The Morgan fingerprint density at radius 2 is 2.10 bits per heavy atom. The summed E-state index contributed by atoms with van der Waals surface area (Å²) in [6, 6.07) is 6.44. The molecule has 1 aliphatic rings. The van der Waals surface area contributed by atoms with Crippen LogP contribution < -0.4 is 10.6 Å². The largest absolute Gasteiger partial charge is 0.373 e. The molecule has 1 atom stereocenters. The molecule has 1 aliphatic heterocycles. The van der Waals surface area contributed by atoms with E-state index in [-0.39, 0.29) is 11.4 Å². The number of nitrogens with zero attached hydrogens (tertiary/aromatic N) is 1. The number of hydrogen-bond acceptors (Lipinski definition) is 2. The van der Waals surface area contributed by atoms with Gasteiger partial charge >= 0.3 is 0 Å². The molecule has 0 saturated carbocycles. The van der Waals surface area contributed by atoms with E-state index in [9.17, 15) is 4.39 Å². The monoisotopic (exact) mass is 279 g/mol. The summed E-state index contributed by atoms with van der Waals surface area (Å²) in [5, 5.41) is 6.48. The Bertz CT molecular complexity index is 453. The Morgan fingerprint density at radius 3 is 2.70 bits per heavy atom. The van der Waals surface area contributed by atoms with Crippen LogP contribution in [0.1, 0.15) is 25.3 Å². The summed E-state index contributed by atoms with van der Waals surface area (Å²) < 4.78 is 18.5. The smallest absolute Gasteiger partial charge is 0.191 e. The van der Waals surface area contributed by atoms with Crippen LogP contribution in [0.25, 0.3) is 0 Å². The second-order valence-electron chi connectivity index (χ2n) is 5.31. The van der Waals surface area contributed by atoms with E-state index in [4.69, 9.17) is 4.74 Å². The van der Waals surface area contributed by atoms with Gasteiger partial charge in [-0.05, 0) is 37.5 Å². The van der Waals surface area contributed by atoms with Gasteiger partial charge < -0.3 is 15.4 Å². The van der Waals surface area contributed by atoms with Crippen LogP contribution in [0.15, 0.2) is 29.3 Å². The Labute approximate surface area is 119 Å². The maximum atomic E-state index is 12.8. The van der Waals surface area contributed by atoms with Gasteiger partial charge in [0.05, 0.1) is 5.60 Å². The van der Waals surface area contributed by atoms with Crippen molar-refractivity contribution in [3.63, 3.8) is 0 Å². The third-order valence-corrected chi connectivity index (χ3v) is 3.53. The lowest BCUT2D eigenvalue weighted by molar-refractivity contribution is 0.0243. The molecule has 1 unspecified atom stereocenters. The van der Waals surface area contributed by atoms with E-state index in [1.807, 2.05) is 0 Å². The third-order valence-electron chi connectivity index (χ3n) is 3.53. The quantitative estimate of drug-likeness (QED) is 0.655. The van der Waals surface area contributed by atoms with E-state index in [0.717, 1.165) is 37.5 Å². The maximum absolute atomic E-state index is 12.8. The van der Waals surface area contributed by atoms with Gasteiger partial charge in [-0.2, -0.15) is 0 Å². The van der Waals surface area contributed by atoms with Gasteiger partial charge in [0, 0.05) is 26.7 Å².